The van der Waals surface area contributed by atoms with Crippen molar-refractivity contribution in [1.82, 2.24) is 14.7 Å². The number of phosphoric acid groups is 1. The maximum atomic E-state index is 8.88. The summed E-state index contributed by atoms with van der Waals surface area (Å²) < 4.78 is 14.0. The van der Waals surface area contributed by atoms with E-state index < -0.39 is 7.82 Å². The quantitative estimate of drug-likeness (QED) is 0.0286. The van der Waals surface area contributed by atoms with Gasteiger partial charge in [0.25, 0.3) is 0 Å². The summed E-state index contributed by atoms with van der Waals surface area (Å²) in [6, 6.07) is 0. The van der Waals surface area contributed by atoms with Crippen molar-refractivity contribution in [2.75, 3.05) is 138 Å². The Morgan fingerprint density at radius 1 is 0.404 bits per heavy atom. The van der Waals surface area contributed by atoms with E-state index in [1.54, 1.807) is 14.7 Å². The predicted octanol–water partition coefficient (Wildman–Crippen LogP) is -3.78. The molecule has 0 bridgehead atoms. The highest BCUT2D eigenvalue weighted by Gasteiger charge is 2.02. The van der Waals surface area contributed by atoms with Gasteiger partial charge >= 0.3 is 7.82 Å². The number of rotatable bonds is 27. The van der Waals surface area contributed by atoms with Gasteiger partial charge in [-0.3, -0.25) is 14.7 Å². The first-order chi connectivity index (χ1) is 22.5. The van der Waals surface area contributed by atoms with Crippen LogP contribution in [0.5, 0.6) is 0 Å². The lowest BCUT2D eigenvalue weighted by atomic mass is 10.1. The highest BCUT2D eigenvalue weighted by Crippen LogP contribution is 2.25. The lowest BCUT2D eigenvalue weighted by Crippen LogP contribution is -2.32. The molecular weight excluding hydrogens is 649 g/mol. The molecule has 0 amide bonds. The minimum Gasteiger partial charge on any atom is -0.395 e. The highest BCUT2D eigenvalue weighted by atomic mass is 31.2. The zero-order chi connectivity index (χ0) is 37.0. The molecule has 0 aliphatic rings. The molecule has 18 nitrogen and oxygen atoms in total. The number of nitrogens with zero attached hydrogens (tertiary/aromatic N) is 3. The first-order valence-electron chi connectivity index (χ1n) is 16.1. The van der Waals surface area contributed by atoms with E-state index in [0.29, 0.717) is 65.5 Å². The van der Waals surface area contributed by atoms with Crippen molar-refractivity contribution in [3.05, 3.63) is 0 Å². The summed E-state index contributed by atoms with van der Waals surface area (Å²) in [4.78, 5) is 26.9. The molecule has 292 valence electrons. The lowest BCUT2D eigenvalue weighted by molar-refractivity contribution is 0.0895. The molecule has 0 rings (SSSR count). The summed E-state index contributed by atoms with van der Waals surface area (Å²) in [6.45, 7) is 8.94. The van der Waals surface area contributed by atoms with E-state index in [4.69, 9.17) is 75.0 Å². The monoisotopic (exact) mass is 719 g/mol. The van der Waals surface area contributed by atoms with Gasteiger partial charge in [0, 0.05) is 65.5 Å². The third-order valence-electron chi connectivity index (χ3n) is 5.62. The molecule has 0 spiro atoms. The molecule has 0 unspecified atom stereocenters. The van der Waals surface area contributed by atoms with E-state index >= 15 is 0 Å². The van der Waals surface area contributed by atoms with Crippen LogP contribution < -0.4 is 0 Å². The van der Waals surface area contributed by atoms with Gasteiger partial charge < -0.3 is 70.5 Å². The summed E-state index contributed by atoms with van der Waals surface area (Å²) in [6.07, 6.45) is 7.76. The van der Waals surface area contributed by atoms with Crippen LogP contribution in [0, 0.1) is 0 Å². The fourth-order valence-electron chi connectivity index (χ4n) is 3.43. The van der Waals surface area contributed by atoms with Gasteiger partial charge in [-0.15, -0.1) is 0 Å². The Balaban J connectivity index is -0.000000159. The minimum atomic E-state index is -4.64. The zero-order valence-electron chi connectivity index (χ0n) is 28.5. The normalized spacial score (nSPS) is 10.8. The van der Waals surface area contributed by atoms with Crippen molar-refractivity contribution in [2.24, 2.45) is 0 Å². The molecule has 0 saturated heterocycles. The van der Waals surface area contributed by atoms with Crippen molar-refractivity contribution in [3.63, 3.8) is 0 Å². The topological polar surface area (TPSA) is 299 Å². The molecule has 0 aromatic rings. The number of hydrogen-bond donors (Lipinski definition) is 13. The van der Waals surface area contributed by atoms with Crippen molar-refractivity contribution in [1.29, 1.82) is 0 Å². The Kier molecular flexibility index (Phi) is 59.4. The molecule has 0 aliphatic carbocycles. The molecule has 0 radical (unpaired) electrons. The van der Waals surface area contributed by atoms with Gasteiger partial charge in [-0.05, 0) is 6.42 Å². The van der Waals surface area contributed by atoms with E-state index in [1.807, 2.05) is 0 Å². The molecule has 0 aromatic carbocycles. The van der Waals surface area contributed by atoms with Gasteiger partial charge in [0.1, 0.15) is 0 Å². The molecule has 0 atom stereocenters. The average Bonchev–Trinajstić information content (AvgIpc) is 3.00. The van der Waals surface area contributed by atoms with E-state index in [2.05, 4.69) is 6.92 Å². The van der Waals surface area contributed by atoms with Crippen LogP contribution in [0.2, 0.25) is 0 Å². The second-order valence-electron chi connectivity index (χ2n) is 9.65. The smallest absolute Gasteiger partial charge is 0.395 e. The second-order valence-corrected chi connectivity index (χ2v) is 10.7. The summed E-state index contributed by atoms with van der Waals surface area (Å²) in [5.74, 6) is 0. The molecule has 47 heavy (non-hydrogen) atoms. The maximum Gasteiger partial charge on any atom is 0.466 e. The van der Waals surface area contributed by atoms with Crippen LogP contribution in [0.4, 0.5) is 0 Å². The Bertz CT molecular complexity index is 469. The SMILES string of the molecule is CCCCCCCCOCCO.O=P(O)(O)O.OCCN(CCO)CCO.OCCN(CCO)CCO.OCCN(CCO)CCO. The first-order valence-corrected chi connectivity index (χ1v) is 17.6. The van der Waals surface area contributed by atoms with Gasteiger partial charge in [0.2, 0.25) is 0 Å². The van der Waals surface area contributed by atoms with Crippen LogP contribution in [0.15, 0.2) is 0 Å². The first kappa shape index (κ1) is 55.9. The standard InChI is InChI=1S/C10H22O2.3C6H15NO3.H3O4P/c1-2-3-4-5-6-7-9-12-10-8-11;3*8-4-1-7(2-5-9)3-6-10;1-5(2,3)4/h11H,2-10H2,1H3;3*8-10H,1-6H2;(H3,1,2,3,4). The van der Waals surface area contributed by atoms with Crippen molar-refractivity contribution < 1.29 is 75.0 Å². The van der Waals surface area contributed by atoms with Crippen LogP contribution in [0.3, 0.4) is 0 Å². The zero-order valence-corrected chi connectivity index (χ0v) is 29.4. The van der Waals surface area contributed by atoms with Crippen LogP contribution in [-0.2, 0) is 9.30 Å². The highest BCUT2D eigenvalue weighted by molar-refractivity contribution is 7.45. The number of unbranched alkanes of at least 4 members (excludes halogenated alkanes) is 5. The number of aliphatic hydroxyl groups is 10. The molecule has 0 saturated carbocycles. The largest absolute Gasteiger partial charge is 0.466 e. The lowest BCUT2D eigenvalue weighted by Gasteiger charge is -2.17. The van der Waals surface area contributed by atoms with Gasteiger partial charge in [0.15, 0.2) is 0 Å². The van der Waals surface area contributed by atoms with Crippen LogP contribution in [-0.4, -0.2) is 219 Å². The molecule has 0 aromatic heterocycles. The fourth-order valence-corrected chi connectivity index (χ4v) is 3.43. The van der Waals surface area contributed by atoms with E-state index in [9.17, 15) is 0 Å². The maximum absolute atomic E-state index is 8.88. The van der Waals surface area contributed by atoms with Crippen molar-refractivity contribution in [3.8, 4) is 0 Å². The molecule has 0 aliphatic heterocycles. The number of aliphatic hydroxyl groups excluding tert-OH is 10. The summed E-state index contributed by atoms with van der Waals surface area (Å²) in [5, 5.41) is 84.8. The number of ether oxygens (including phenoxy) is 1. The third-order valence-corrected chi connectivity index (χ3v) is 5.62. The van der Waals surface area contributed by atoms with E-state index in [0.717, 1.165) is 13.0 Å². The Hall–Kier alpha value is -0.450. The van der Waals surface area contributed by atoms with Gasteiger partial charge in [-0.2, -0.15) is 0 Å². The summed E-state index contributed by atoms with van der Waals surface area (Å²) in [7, 11) is -4.64. The van der Waals surface area contributed by atoms with Crippen LogP contribution in [0.25, 0.3) is 0 Å². The Morgan fingerprint density at radius 3 is 0.851 bits per heavy atom. The Morgan fingerprint density at radius 2 is 0.638 bits per heavy atom. The average molecular weight is 720 g/mol. The fraction of sp³-hybridized carbons (Fsp3) is 1.00. The summed E-state index contributed by atoms with van der Waals surface area (Å²) >= 11 is 0. The molecule has 0 heterocycles. The van der Waals surface area contributed by atoms with Gasteiger partial charge in [0.05, 0.1) is 72.7 Å². The third kappa shape index (κ3) is 68.4. The molecular formula is C28H70N3O15P. The van der Waals surface area contributed by atoms with Gasteiger partial charge in [-0.1, -0.05) is 39.0 Å². The summed E-state index contributed by atoms with van der Waals surface area (Å²) in [5.41, 5.74) is 0. The van der Waals surface area contributed by atoms with Crippen LogP contribution >= 0.6 is 7.82 Å². The second kappa shape index (κ2) is 49.9. The molecule has 13 N–H and O–H groups in total. The molecule has 0 fully saturated rings. The van der Waals surface area contributed by atoms with Gasteiger partial charge in [-0.25, -0.2) is 4.57 Å². The van der Waals surface area contributed by atoms with E-state index in [1.165, 1.54) is 32.1 Å². The Labute approximate surface area is 281 Å². The number of hydrogen-bond acceptors (Lipinski definition) is 15. The van der Waals surface area contributed by atoms with Crippen LogP contribution in [0.1, 0.15) is 45.4 Å². The van der Waals surface area contributed by atoms with Crippen molar-refractivity contribution >= 4 is 7.82 Å². The van der Waals surface area contributed by atoms with E-state index in [-0.39, 0.29) is 66.1 Å². The predicted molar refractivity (Wildman–Crippen MR) is 179 cm³/mol. The minimum absolute atomic E-state index is 0.0694. The molecule has 19 heteroatoms. The van der Waals surface area contributed by atoms with Crippen molar-refractivity contribution in [2.45, 2.75) is 45.4 Å².